The second-order valence-corrected chi connectivity index (χ2v) is 4.89. The van der Waals surface area contributed by atoms with Crippen LogP contribution in [0, 0.1) is 0 Å². The summed E-state index contributed by atoms with van der Waals surface area (Å²) in [6, 6.07) is 10.4. The van der Waals surface area contributed by atoms with Crippen molar-refractivity contribution in [2.45, 2.75) is 13.0 Å². The zero-order valence-corrected chi connectivity index (χ0v) is 11.4. The summed E-state index contributed by atoms with van der Waals surface area (Å²) < 4.78 is 3.95. The van der Waals surface area contributed by atoms with Crippen LogP contribution in [0.5, 0.6) is 0 Å². The molecule has 4 nitrogen and oxygen atoms in total. The van der Waals surface area contributed by atoms with E-state index in [1.54, 1.807) is 0 Å². The number of nitrogens with zero attached hydrogens (tertiary/aromatic N) is 3. The highest BCUT2D eigenvalue weighted by atomic mass is 32.1. The predicted molar refractivity (Wildman–Crippen MR) is 77.2 cm³/mol. The van der Waals surface area contributed by atoms with E-state index in [-0.39, 0.29) is 6.04 Å². The van der Waals surface area contributed by atoms with Gasteiger partial charge in [-0.1, -0.05) is 29.6 Å². The summed E-state index contributed by atoms with van der Waals surface area (Å²) in [5.41, 5.74) is 3.13. The Balaban J connectivity index is 2.05. The van der Waals surface area contributed by atoms with Crippen molar-refractivity contribution in [1.29, 1.82) is 0 Å². The van der Waals surface area contributed by atoms with Gasteiger partial charge in [0.05, 0.1) is 17.3 Å². The Morgan fingerprint density at radius 1 is 1.32 bits per heavy atom. The van der Waals surface area contributed by atoms with E-state index < -0.39 is 0 Å². The molecule has 0 bridgehead atoms. The Labute approximate surface area is 115 Å². The predicted octanol–water partition coefficient (Wildman–Crippen LogP) is 2.79. The molecule has 1 aromatic carbocycles. The van der Waals surface area contributed by atoms with E-state index in [1.165, 1.54) is 17.1 Å². The monoisotopic (exact) mass is 270 g/mol. The van der Waals surface area contributed by atoms with Crippen molar-refractivity contribution in [2.24, 2.45) is 0 Å². The zero-order valence-electron chi connectivity index (χ0n) is 10.6. The van der Waals surface area contributed by atoms with Crippen LogP contribution >= 0.6 is 11.5 Å². The van der Waals surface area contributed by atoms with Crippen molar-refractivity contribution in [2.75, 3.05) is 6.54 Å². The van der Waals surface area contributed by atoms with Crippen molar-refractivity contribution < 1.29 is 0 Å². The fourth-order valence-electron chi connectivity index (χ4n) is 2.16. The van der Waals surface area contributed by atoms with Gasteiger partial charge in [-0.15, -0.1) is 5.10 Å². The van der Waals surface area contributed by atoms with E-state index >= 15 is 0 Å². The average molecular weight is 270 g/mol. The Bertz CT molecular complexity index is 666. The number of pyridine rings is 1. The van der Waals surface area contributed by atoms with Crippen molar-refractivity contribution in [1.82, 2.24) is 19.9 Å². The first kappa shape index (κ1) is 12.2. The first-order chi connectivity index (χ1) is 9.38. The highest BCUT2D eigenvalue weighted by molar-refractivity contribution is 7.03. The topological polar surface area (TPSA) is 50.7 Å². The molecule has 5 heteroatoms. The van der Waals surface area contributed by atoms with Crippen LogP contribution in [0.1, 0.15) is 24.2 Å². The van der Waals surface area contributed by atoms with Crippen LogP contribution < -0.4 is 5.32 Å². The van der Waals surface area contributed by atoms with Crippen LogP contribution in [-0.2, 0) is 0 Å². The lowest BCUT2D eigenvalue weighted by molar-refractivity contribution is 0.614. The smallest absolute Gasteiger partial charge is 0.0970 e. The van der Waals surface area contributed by atoms with Gasteiger partial charge in [0.15, 0.2) is 0 Å². The third kappa shape index (κ3) is 2.47. The molecule has 0 aliphatic carbocycles. The normalized spacial score (nSPS) is 12.7. The van der Waals surface area contributed by atoms with Gasteiger partial charge < -0.3 is 5.32 Å². The number of rotatable bonds is 4. The molecule has 0 aliphatic rings. The number of hydrogen-bond acceptors (Lipinski definition) is 5. The summed E-state index contributed by atoms with van der Waals surface area (Å²) in [4.78, 5) is 4.40. The molecule has 1 atom stereocenters. The number of benzene rings is 1. The van der Waals surface area contributed by atoms with Crippen molar-refractivity contribution >= 4 is 22.4 Å². The molecule has 2 aromatic heterocycles. The van der Waals surface area contributed by atoms with Crippen molar-refractivity contribution in [3.8, 4) is 0 Å². The number of fused-ring (bicyclic) bond motifs is 1. The van der Waals surface area contributed by atoms with Gasteiger partial charge in [0.1, 0.15) is 0 Å². The number of aromatic nitrogens is 3. The molecule has 2 heterocycles. The third-order valence-corrected chi connectivity index (χ3v) is 3.57. The molecule has 19 heavy (non-hydrogen) atoms. The molecular formula is C14H14N4S. The Morgan fingerprint density at radius 3 is 3.05 bits per heavy atom. The Kier molecular flexibility index (Phi) is 3.48. The minimum absolute atomic E-state index is 0.0788. The second-order valence-electron chi connectivity index (χ2n) is 4.28. The largest absolute Gasteiger partial charge is 0.305 e. The molecule has 1 N–H and O–H groups in total. The second kappa shape index (κ2) is 5.42. The maximum Gasteiger partial charge on any atom is 0.0970 e. The molecule has 0 saturated carbocycles. The van der Waals surface area contributed by atoms with Crippen LogP contribution in [0.2, 0.25) is 0 Å². The Hall–Kier alpha value is -1.85. The first-order valence-electron chi connectivity index (χ1n) is 6.23. The average Bonchev–Trinajstić information content (AvgIpc) is 2.98. The summed E-state index contributed by atoms with van der Waals surface area (Å²) >= 11 is 1.38. The maximum atomic E-state index is 4.40. The molecule has 0 amide bonds. The molecule has 0 spiro atoms. The minimum Gasteiger partial charge on any atom is -0.305 e. The molecule has 0 radical (unpaired) electrons. The molecule has 0 fully saturated rings. The molecule has 96 valence electrons. The summed E-state index contributed by atoms with van der Waals surface area (Å²) in [5, 5.41) is 10.8. The van der Waals surface area contributed by atoms with Gasteiger partial charge in [0.25, 0.3) is 0 Å². The van der Waals surface area contributed by atoms with E-state index in [4.69, 9.17) is 0 Å². The lowest BCUT2D eigenvalue weighted by Gasteiger charge is -2.16. The quantitative estimate of drug-likeness (QED) is 0.792. The van der Waals surface area contributed by atoms with Crippen LogP contribution in [0.4, 0.5) is 0 Å². The van der Waals surface area contributed by atoms with Gasteiger partial charge in [-0.05, 0) is 35.8 Å². The van der Waals surface area contributed by atoms with Gasteiger partial charge >= 0.3 is 0 Å². The van der Waals surface area contributed by atoms with Crippen LogP contribution in [0.3, 0.4) is 0 Å². The lowest BCUT2D eigenvalue weighted by atomic mass is 10.0. The Morgan fingerprint density at radius 2 is 2.26 bits per heavy atom. The van der Waals surface area contributed by atoms with E-state index in [2.05, 4.69) is 51.1 Å². The molecule has 1 unspecified atom stereocenters. The van der Waals surface area contributed by atoms with E-state index in [1.807, 2.05) is 17.6 Å². The first-order valence-corrected chi connectivity index (χ1v) is 7.07. The summed E-state index contributed by atoms with van der Waals surface area (Å²) in [7, 11) is 0. The lowest BCUT2D eigenvalue weighted by Crippen LogP contribution is -2.22. The number of nitrogens with one attached hydrogen (secondary N) is 1. The molecule has 0 saturated heterocycles. The maximum absolute atomic E-state index is 4.40. The molecule has 0 aliphatic heterocycles. The van der Waals surface area contributed by atoms with Crippen LogP contribution in [-0.4, -0.2) is 21.1 Å². The molecule has 3 rings (SSSR count). The third-order valence-electron chi connectivity index (χ3n) is 3.04. The van der Waals surface area contributed by atoms with E-state index in [0.717, 1.165) is 23.1 Å². The van der Waals surface area contributed by atoms with Gasteiger partial charge in [0, 0.05) is 17.0 Å². The fourth-order valence-corrected chi connectivity index (χ4v) is 2.64. The number of hydrogen-bond donors (Lipinski definition) is 1. The summed E-state index contributed by atoms with van der Waals surface area (Å²) in [6.45, 7) is 2.97. The molecular weight excluding hydrogens is 256 g/mol. The highest BCUT2D eigenvalue weighted by Gasteiger charge is 2.16. The van der Waals surface area contributed by atoms with Gasteiger partial charge in [-0.3, -0.25) is 4.98 Å². The van der Waals surface area contributed by atoms with E-state index in [9.17, 15) is 0 Å². The summed E-state index contributed by atoms with van der Waals surface area (Å²) in [5.74, 6) is 0. The van der Waals surface area contributed by atoms with Crippen LogP contribution in [0.25, 0.3) is 10.9 Å². The van der Waals surface area contributed by atoms with Crippen LogP contribution in [0.15, 0.2) is 41.9 Å². The van der Waals surface area contributed by atoms with Gasteiger partial charge in [-0.25, -0.2) is 0 Å². The van der Waals surface area contributed by atoms with Crippen molar-refractivity contribution in [3.05, 3.63) is 53.2 Å². The summed E-state index contributed by atoms with van der Waals surface area (Å²) in [6.07, 6.45) is 1.82. The highest BCUT2D eigenvalue weighted by Crippen LogP contribution is 2.24. The minimum atomic E-state index is 0.0788. The van der Waals surface area contributed by atoms with Gasteiger partial charge in [0.2, 0.25) is 0 Å². The SMILES string of the molecule is CCNC(c1ccc2cccnc2c1)c1csnn1. The van der Waals surface area contributed by atoms with Gasteiger partial charge in [-0.2, -0.15) is 0 Å². The zero-order chi connectivity index (χ0) is 13.1. The van der Waals surface area contributed by atoms with Crippen molar-refractivity contribution in [3.63, 3.8) is 0 Å². The fraction of sp³-hybridized carbons (Fsp3) is 0.214. The van der Waals surface area contributed by atoms with E-state index in [0.29, 0.717) is 0 Å². The standard InChI is InChI=1S/C14H14N4S/c1-2-15-14(13-9-19-18-17-13)11-6-5-10-4-3-7-16-12(10)8-11/h3-9,14-15H,2H2,1H3. The molecule has 3 aromatic rings.